The summed E-state index contributed by atoms with van der Waals surface area (Å²) >= 11 is 3.25. The average molecular weight is 397 g/mol. The number of carbonyl (C=O) groups is 2. The molecule has 0 saturated carbocycles. The van der Waals surface area contributed by atoms with Crippen LogP contribution in [0, 0.1) is 0 Å². The summed E-state index contributed by atoms with van der Waals surface area (Å²) in [7, 11) is 0. The van der Waals surface area contributed by atoms with Crippen LogP contribution in [0.4, 0.5) is 0 Å². The predicted octanol–water partition coefficient (Wildman–Crippen LogP) is 4.10. The fraction of sp³-hybridized carbons (Fsp3) is 0.238. The van der Waals surface area contributed by atoms with Crippen LogP contribution in [0.25, 0.3) is 0 Å². The van der Waals surface area contributed by atoms with Gasteiger partial charge in [0.1, 0.15) is 0 Å². The second-order valence-electron chi connectivity index (χ2n) is 6.47. The third-order valence-electron chi connectivity index (χ3n) is 4.81. The molecule has 2 amide bonds. The minimum atomic E-state index is -0.123. The molecule has 1 N–H and O–H groups in total. The molecule has 1 unspecified atom stereocenters. The maximum atomic E-state index is 13.0. The fourth-order valence-electron chi connectivity index (χ4n) is 3.50. The Hall–Kier alpha value is -2.44. The Morgan fingerprint density at radius 2 is 1.96 bits per heavy atom. The number of nitrogens with zero attached hydrogens (tertiary/aromatic N) is 1. The van der Waals surface area contributed by atoms with Crippen LogP contribution in [0.3, 0.4) is 0 Å². The fourth-order valence-corrected chi connectivity index (χ4v) is 5.04. The first-order valence-corrected chi connectivity index (χ1v) is 10.8. The lowest BCUT2D eigenvalue weighted by Gasteiger charge is -2.36. The summed E-state index contributed by atoms with van der Waals surface area (Å²) in [4.78, 5) is 28.3. The standard InChI is InChI=1S/C21H20N2O2S2/c24-19(6-10-22-21(25)16-8-12-26-14-16)23-11-7-18-17(9-13-27-18)20(23)15-4-2-1-3-5-15/h1-5,8-9,12-14,20H,6-7,10-11H2,(H,22,25). The Bertz CT molecular complexity index is 919. The van der Waals surface area contributed by atoms with Crippen LogP contribution < -0.4 is 5.32 Å². The Labute approximate surface area is 166 Å². The second-order valence-corrected chi connectivity index (χ2v) is 8.25. The number of carbonyl (C=O) groups excluding carboxylic acids is 2. The third kappa shape index (κ3) is 3.82. The molecule has 6 heteroatoms. The molecule has 3 aromatic rings. The maximum Gasteiger partial charge on any atom is 0.252 e. The van der Waals surface area contributed by atoms with Crippen molar-refractivity contribution in [1.82, 2.24) is 10.2 Å². The van der Waals surface area contributed by atoms with Gasteiger partial charge in [0.15, 0.2) is 0 Å². The van der Waals surface area contributed by atoms with E-state index in [4.69, 9.17) is 0 Å². The van der Waals surface area contributed by atoms with Gasteiger partial charge in [0.05, 0.1) is 6.04 Å². The number of hydrogen-bond donors (Lipinski definition) is 1. The zero-order valence-electron chi connectivity index (χ0n) is 14.8. The second kappa shape index (κ2) is 8.06. The van der Waals surface area contributed by atoms with Crippen LogP contribution in [0.2, 0.25) is 0 Å². The highest BCUT2D eigenvalue weighted by atomic mass is 32.1. The van der Waals surface area contributed by atoms with E-state index < -0.39 is 0 Å². The molecule has 2 aromatic heterocycles. The summed E-state index contributed by atoms with van der Waals surface area (Å²) in [6.07, 6.45) is 1.20. The first-order chi connectivity index (χ1) is 13.2. The molecular weight excluding hydrogens is 376 g/mol. The Kier molecular flexibility index (Phi) is 5.36. The van der Waals surface area contributed by atoms with Gasteiger partial charge in [-0.2, -0.15) is 11.3 Å². The van der Waals surface area contributed by atoms with E-state index in [1.807, 2.05) is 33.9 Å². The third-order valence-corrected chi connectivity index (χ3v) is 6.49. The zero-order valence-corrected chi connectivity index (χ0v) is 16.4. The van der Waals surface area contributed by atoms with Gasteiger partial charge in [-0.1, -0.05) is 30.3 Å². The molecule has 1 aliphatic heterocycles. The van der Waals surface area contributed by atoms with E-state index in [1.165, 1.54) is 21.8 Å². The molecule has 138 valence electrons. The van der Waals surface area contributed by atoms with Gasteiger partial charge in [-0.15, -0.1) is 11.3 Å². The van der Waals surface area contributed by atoms with Crippen molar-refractivity contribution in [3.63, 3.8) is 0 Å². The van der Waals surface area contributed by atoms with Crippen molar-refractivity contribution in [1.29, 1.82) is 0 Å². The van der Waals surface area contributed by atoms with Crippen molar-refractivity contribution < 1.29 is 9.59 Å². The van der Waals surface area contributed by atoms with E-state index in [2.05, 4.69) is 28.9 Å². The summed E-state index contributed by atoms with van der Waals surface area (Å²) in [6, 6.07) is 14.1. The number of fused-ring (bicyclic) bond motifs is 1. The molecule has 0 aliphatic carbocycles. The van der Waals surface area contributed by atoms with Crippen molar-refractivity contribution in [3.8, 4) is 0 Å². The molecule has 4 rings (SSSR count). The van der Waals surface area contributed by atoms with Crippen LogP contribution in [0.15, 0.2) is 58.6 Å². The number of amides is 2. The molecule has 3 heterocycles. The Morgan fingerprint density at radius 3 is 2.74 bits per heavy atom. The summed E-state index contributed by atoms with van der Waals surface area (Å²) in [5.41, 5.74) is 3.01. The summed E-state index contributed by atoms with van der Waals surface area (Å²) in [5, 5.41) is 8.64. The topological polar surface area (TPSA) is 49.4 Å². The molecule has 0 saturated heterocycles. The van der Waals surface area contributed by atoms with Crippen LogP contribution in [-0.2, 0) is 11.2 Å². The van der Waals surface area contributed by atoms with Crippen LogP contribution in [-0.4, -0.2) is 29.8 Å². The molecule has 0 bridgehead atoms. The van der Waals surface area contributed by atoms with E-state index >= 15 is 0 Å². The lowest BCUT2D eigenvalue weighted by atomic mass is 9.93. The highest BCUT2D eigenvalue weighted by Crippen LogP contribution is 2.37. The molecule has 4 nitrogen and oxygen atoms in total. The van der Waals surface area contributed by atoms with E-state index in [0.29, 0.717) is 25.1 Å². The van der Waals surface area contributed by atoms with E-state index in [9.17, 15) is 9.59 Å². The number of thiophene rings is 2. The van der Waals surface area contributed by atoms with Gasteiger partial charge in [-0.05, 0) is 40.4 Å². The lowest BCUT2D eigenvalue weighted by Crippen LogP contribution is -2.41. The molecule has 0 spiro atoms. The smallest absolute Gasteiger partial charge is 0.252 e. The number of hydrogen-bond acceptors (Lipinski definition) is 4. The van der Waals surface area contributed by atoms with Gasteiger partial charge in [-0.25, -0.2) is 0 Å². The number of nitrogens with one attached hydrogen (secondary N) is 1. The van der Waals surface area contributed by atoms with E-state index in [1.54, 1.807) is 17.4 Å². The Morgan fingerprint density at radius 1 is 1.11 bits per heavy atom. The summed E-state index contributed by atoms with van der Waals surface area (Å²) < 4.78 is 0. The van der Waals surface area contributed by atoms with Gasteiger partial charge >= 0.3 is 0 Å². The van der Waals surface area contributed by atoms with Crippen LogP contribution in [0.5, 0.6) is 0 Å². The van der Waals surface area contributed by atoms with Crippen molar-refractivity contribution in [2.24, 2.45) is 0 Å². The van der Waals surface area contributed by atoms with Gasteiger partial charge in [0.2, 0.25) is 5.91 Å². The van der Waals surface area contributed by atoms with Crippen molar-refractivity contribution in [3.05, 3.63) is 80.2 Å². The highest BCUT2D eigenvalue weighted by molar-refractivity contribution is 7.10. The average Bonchev–Trinajstić information content (AvgIpc) is 3.39. The predicted molar refractivity (Wildman–Crippen MR) is 109 cm³/mol. The molecule has 1 atom stereocenters. The van der Waals surface area contributed by atoms with Crippen molar-refractivity contribution >= 4 is 34.5 Å². The maximum absolute atomic E-state index is 13.0. The molecule has 27 heavy (non-hydrogen) atoms. The quantitative estimate of drug-likeness (QED) is 0.706. The van der Waals surface area contributed by atoms with Crippen molar-refractivity contribution in [2.75, 3.05) is 13.1 Å². The molecular formula is C21H20N2O2S2. The zero-order chi connectivity index (χ0) is 18.6. The molecule has 1 aromatic carbocycles. The van der Waals surface area contributed by atoms with E-state index in [-0.39, 0.29) is 17.9 Å². The first kappa shape index (κ1) is 17.9. The molecule has 0 radical (unpaired) electrons. The molecule has 1 aliphatic rings. The first-order valence-electron chi connectivity index (χ1n) is 8.95. The monoisotopic (exact) mass is 396 g/mol. The summed E-state index contributed by atoms with van der Waals surface area (Å²) in [5.74, 6) is -0.0475. The highest BCUT2D eigenvalue weighted by Gasteiger charge is 2.32. The number of rotatable bonds is 5. The Balaban J connectivity index is 1.46. The normalized spacial score (nSPS) is 16.0. The van der Waals surface area contributed by atoms with Gasteiger partial charge in [0.25, 0.3) is 5.91 Å². The number of benzene rings is 1. The SMILES string of the molecule is O=C(NCCC(=O)N1CCc2sccc2C1c1ccccc1)c1ccsc1. The van der Waals surface area contributed by atoms with Gasteiger partial charge in [0, 0.05) is 35.3 Å². The van der Waals surface area contributed by atoms with Crippen molar-refractivity contribution in [2.45, 2.75) is 18.9 Å². The van der Waals surface area contributed by atoms with Crippen LogP contribution >= 0.6 is 22.7 Å². The molecule has 0 fully saturated rings. The van der Waals surface area contributed by atoms with E-state index in [0.717, 1.165) is 12.0 Å². The van der Waals surface area contributed by atoms with Crippen LogP contribution in [0.1, 0.15) is 38.8 Å². The summed E-state index contributed by atoms with van der Waals surface area (Å²) in [6.45, 7) is 1.06. The lowest BCUT2D eigenvalue weighted by molar-refractivity contribution is -0.133. The van der Waals surface area contributed by atoms with Gasteiger partial charge < -0.3 is 10.2 Å². The van der Waals surface area contributed by atoms with Gasteiger partial charge in [-0.3, -0.25) is 9.59 Å². The largest absolute Gasteiger partial charge is 0.351 e. The minimum absolute atomic E-state index is 0.0405. The minimum Gasteiger partial charge on any atom is -0.351 e.